The smallest absolute Gasteiger partial charge is 0.0501 e. The Bertz CT molecular complexity index is 1170. The van der Waals surface area contributed by atoms with Crippen molar-refractivity contribution in [3.05, 3.63) is 90.5 Å². The van der Waals surface area contributed by atoms with E-state index in [4.69, 9.17) is 5.73 Å². The number of hydrogen-bond donors (Lipinski definition) is 2. The van der Waals surface area contributed by atoms with Gasteiger partial charge < -0.3 is 11.1 Å². The summed E-state index contributed by atoms with van der Waals surface area (Å²) in [6.07, 6.45) is 16.7. The molecule has 0 amide bonds. The lowest BCUT2D eigenvalue weighted by Crippen LogP contribution is -2.20. The molecule has 5 rings (SSSR count). The summed E-state index contributed by atoms with van der Waals surface area (Å²) in [7, 11) is 0. The Morgan fingerprint density at radius 1 is 0.867 bits per heavy atom. The molecule has 0 fully saturated rings. The molecule has 2 aliphatic rings. The summed E-state index contributed by atoms with van der Waals surface area (Å²) in [6.45, 7) is 0. The Kier molecular flexibility index (Phi) is 5.15. The normalized spacial score (nSPS) is 18.4. The maximum atomic E-state index is 6.39. The van der Waals surface area contributed by atoms with Crippen LogP contribution in [-0.2, 0) is 0 Å². The van der Waals surface area contributed by atoms with Crippen molar-refractivity contribution in [2.75, 3.05) is 11.1 Å². The number of rotatable bonds is 4. The number of hydrogen-bond acceptors (Lipinski definition) is 2. The summed E-state index contributed by atoms with van der Waals surface area (Å²) in [5, 5.41) is 6.45. The Morgan fingerprint density at radius 3 is 2.63 bits per heavy atom. The maximum absolute atomic E-state index is 6.39. The van der Waals surface area contributed by atoms with Gasteiger partial charge in [0.1, 0.15) is 0 Å². The van der Waals surface area contributed by atoms with Gasteiger partial charge in [0.05, 0.1) is 5.69 Å². The standard InChI is InChI=1S/C28H28N2/c29-27-18-16-22(19-26(27)20-9-3-1-4-10-20)25-17-15-21-11-7-8-14-24(21)28(25)30-23-12-5-2-6-13-23/h1-3,5,7-9,11,14-19,23,30H,4,6,10,12-13,29H2. The van der Waals surface area contributed by atoms with Gasteiger partial charge in [0.25, 0.3) is 0 Å². The zero-order chi connectivity index (χ0) is 20.3. The summed E-state index contributed by atoms with van der Waals surface area (Å²) in [6, 6.07) is 20.1. The van der Waals surface area contributed by atoms with Crippen LogP contribution in [0.1, 0.15) is 37.7 Å². The molecule has 0 heterocycles. The molecular weight excluding hydrogens is 364 g/mol. The van der Waals surface area contributed by atoms with Crippen molar-refractivity contribution in [3.63, 3.8) is 0 Å². The quantitative estimate of drug-likeness (QED) is 0.360. The first-order valence-corrected chi connectivity index (χ1v) is 11.0. The van der Waals surface area contributed by atoms with E-state index in [9.17, 15) is 0 Å². The van der Waals surface area contributed by atoms with Crippen LogP contribution in [-0.4, -0.2) is 6.04 Å². The first-order chi connectivity index (χ1) is 14.8. The van der Waals surface area contributed by atoms with Crippen LogP contribution in [0.3, 0.4) is 0 Å². The first kappa shape index (κ1) is 18.7. The lowest BCUT2D eigenvalue weighted by Gasteiger charge is -2.24. The first-order valence-electron chi connectivity index (χ1n) is 11.0. The van der Waals surface area contributed by atoms with Gasteiger partial charge in [-0.05, 0) is 60.8 Å². The number of allylic oxidation sites excluding steroid dienone is 5. The predicted molar refractivity (Wildman–Crippen MR) is 131 cm³/mol. The van der Waals surface area contributed by atoms with E-state index < -0.39 is 0 Å². The molecule has 0 spiro atoms. The molecule has 3 aromatic rings. The van der Waals surface area contributed by atoms with Crippen LogP contribution in [0.25, 0.3) is 27.5 Å². The van der Waals surface area contributed by atoms with E-state index in [0.717, 1.165) is 36.9 Å². The second-order valence-corrected chi connectivity index (χ2v) is 8.30. The van der Waals surface area contributed by atoms with Gasteiger partial charge >= 0.3 is 0 Å². The van der Waals surface area contributed by atoms with Crippen LogP contribution in [0.2, 0.25) is 0 Å². The number of benzene rings is 3. The summed E-state index contributed by atoms with van der Waals surface area (Å²) >= 11 is 0. The van der Waals surface area contributed by atoms with E-state index in [-0.39, 0.29) is 0 Å². The fourth-order valence-corrected chi connectivity index (χ4v) is 4.63. The highest BCUT2D eigenvalue weighted by Gasteiger charge is 2.17. The van der Waals surface area contributed by atoms with Crippen molar-refractivity contribution in [2.24, 2.45) is 0 Å². The third kappa shape index (κ3) is 3.66. The van der Waals surface area contributed by atoms with E-state index in [1.54, 1.807) is 0 Å². The lowest BCUT2D eigenvalue weighted by molar-refractivity contribution is 0.645. The molecule has 30 heavy (non-hydrogen) atoms. The summed E-state index contributed by atoms with van der Waals surface area (Å²) in [5.41, 5.74) is 13.4. The highest BCUT2D eigenvalue weighted by molar-refractivity contribution is 6.02. The van der Waals surface area contributed by atoms with Crippen LogP contribution >= 0.6 is 0 Å². The van der Waals surface area contributed by atoms with Gasteiger partial charge in [0.15, 0.2) is 0 Å². The highest BCUT2D eigenvalue weighted by atomic mass is 14.9. The van der Waals surface area contributed by atoms with Crippen molar-refractivity contribution >= 4 is 27.7 Å². The Hall–Kier alpha value is -3.26. The molecule has 0 saturated carbocycles. The molecule has 0 saturated heterocycles. The molecule has 1 unspecified atom stereocenters. The minimum atomic E-state index is 0.471. The van der Waals surface area contributed by atoms with Gasteiger partial charge in [-0.1, -0.05) is 72.8 Å². The Morgan fingerprint density at radius 2 is 1.80 bits per heavy atom. The van der Waals surface area contributed by atoms with Gasteiger partial charge in [0.2, 0.25) is 0 Å². The van der Waals surface area contributed by atoms with Crippen LogP contribution in [0.15, 0.2) is 85.0 Å². The van der Waals surface area contributed by atoms with Crippen LogP contribution in [0.4, 0.5) is 11.4 Å². The van der Waals surface area contributed by atoms with E-state index >= 15 is 0 Å². The van der Waals surface area contributed by atoms with Crippen molar-refractivity contribution in [2.45, 2.75) is 38.1 Å². The molecule has 150 valence electrons. The molecule has 3 aromatic carbocycles. The third-order valence-corrected chi connectivity index (χ3v) is 6.27. The van der Waals surface area contributed by atoms with Gasteiger partial charge in [0, 0.05) is 28.2 Å². The number of anilines is 2. The molecular formula is C28H28N2. The minimum absolute atomic E-state index is 0.471. The van der Waals surface area contributed by atoms with Crippen molar-refractivity contribution < 1.29 is 0 Å². The van der Waals surface area contributed by atoms with Gasteiger partial charge in [-0.2, -0.15) is 0 Å². The molecule has 2 aliphatic carbocycles. The van der Waals surface area contributed by atoms with Crippen molar-refractivity contribution in [1.29, 1.82) is 0 Å². The lowest BCUT2D eigenvalue weighted by atomic mass is 9.91. The zero-order valence-corrected chi connectivity index (χ0v) is 17.3. The SMILES string of the molecule is Nc1ccc(-c2ccc3ccccc3c2NC2CC=CCC2)cc1C1=CC=CCC1. The molecule has 0 bridgehead atoms. The van der Waals surface area contributed by atoms with Crippen molar-refractivity contribution in [3.8, 4) is 11.1 Å². The molecule has 0 radical (unpaired) electrons. The monoisotopic (exact) mass is 392 g/mol. The molecule has 2 heteroatoms. The largest absolute Gasteiger partial charge is 0.398 e. The second kappa shape index (κ2) is 8.23. The average molecular weight is 393 g/mol. The van der Waals surface area contributed by atoms with Gasteiger partial charge in [-0.25, -0.2) is 0 Å². The maximum Gasteiger partial charge on any atom is 0.0501 e. The number of nitrogen functional groups attached to an aromatic ring is 1. The van der Waals surface area contributed by atoms with Crippen molar-refractivity contribution in [1.82, 2.24) is 0 Å². The minimum Gasteiger partial charge on any atom is -0.398 e. The predicted octanol–water partition coefficient (Wildman–Crippen LogP) is 7.34. The second-order valence-electron chi connectivity index (χ2n) is 8.30. The number of nitrogens with two attached hydrogens (primary N) is 1. The van der Waals surface area contributed by atoms with Crippen LogP contribution in [0, 0.1) is 0 Å². The fraction of sp³-hybridized carbons (Fsp3) is 0.214. The summed E-state index contributed by atoms with van der Waals surface area (Å²) in [4.78, 5) is 0. The molecule has 3 N–H and O–H groups in total. The zero-order valence-electron chi connectivity index (χ0n) is 17.3. The summed E-state index contributed by atoms with van der Waals surface area (Å²) < 4.78 is 0. The van der Waals surface area contributed by atoms with Crippen LogP contribution in [0.5, 0.6) is 0 Å². The Labute approximate surface area is 178 Å². The third-order valence-electron chi connectivity index (χ3n) is 6.27. The molecule has 0 aromatic heterocycles. The highest BCUT2D eigenvalue weighted by Crippen LogP contribution is 2.39. The topological polar surface area (TPSA) is 38.0 Å². The van der Waals surface area contributed by atoms with Crippen LogP contribution < -0.4 is 11.1 Å². The van der Waals surface area contributed by atoms with E-state index in [2.05, 4.69) is 90.3 Å². The van der Waals surface area contributed by atoms with Gasteiger partial charge in [-0.15, -0.1) is 0 Å². The summed E-state index contributed by atoms with van der Waals surface area (Å²) in [5.74, 6) is 0. The molecule has 1 atom stereocenters. The number of nitrogens with one attached hydrogen (secondary N) is 1. The van der Waals surface area contributed by atoms with E-state index in [0.29, 0.717) is 6.04 Å². The van der Waals surface area contributed by atoms with Gasteiger partial charge in [-0.3, -0.25) is 0 Å². The Balaban J connectivity index is 1.63. The van der Waals surface area contributed by atoms with E-state index in [1.807, 2.05) is 0 Å². The average Bonchev–Trinajstić information content (AvgIpc) is 2.81. The number of fused-ring (bicyclic) bond motifs is 1. The van der Waals surface area contributed by atoms with E-state index in [1.165, 1.54) is 39.6 Å². The molecule has 0 aliphatic heterocycles. The fourth-order valence-electron chi connectivity index (χ4n) is 4.63. The molecule has 2 nitrogen and oxygen atoms in total.